The first-order valence-corrected chi connectivity index (χ1v) is 20.5. The van der Waals surface area contributed by atoms with Gasteiger partial charge in [0.2, 0.25) is 0 Å². The van der Waals surface area contributed by atoms with E-state index in [1.807, 2.05) is 113 Å². The van der Waals surface area contributed by atoms with Crippen LogP contribution in [0.15, 0.2) is 85.1 Å². The minimum absolute atomic E-state index is 0. The van der Waals surface area contributed by atoms with Crippen LogP contribution in [0.1, 0.15) is 28.6 Å². The van der Waals surface area contributed by atoms with Crippen LogP contribution in [0.3, 0.4) is 0 Å². The number of aryl methyl sites for hydroxylation is 1. The Morgan fingerprint density at radius 2 is 0.955 bits per heavy atom. The third-order valence-corrected chi connectivity index (χ3v) is 10.6. The molecule has 0 aliphatic rings. The summed E-state index contributed by atoms with van der Waals surface area (Å²) in [5.41, 5.74) is 8.05. The maximum absolute atomic E-state index is 5.55. The molecule has 4 aromatic carbocycles. The molecule has 0 aliphatic heterocycles. The zero-order chi connectivity index (χ0) is 47.5. The van der Waals surface area contributed by atoms with Crippen molar-refractivity contribution in [1.82, 2.24) is 29.3 Å². The van der Waals surface area contributed by atoms with Crippen LogP contribution in [-0.2, 0) is 20.1 Å². The van der Waals surface area contributed by atoms with E-state index in [9.17, 15) is 0 Å². The fourth-order valence-corrected chi connectivity index (χ4v) is 6.71. The van der Waals surface area contributed by atoms with Crippen LogP contribution in [0.5, 0.6) is 46.0 Å². The van der Waals surface area contributed by atoms with Gasteiger partial charge in [0.05, 0.1) is 74.0 Å². The number of hydrogen-bond acceptors (Lipinski definition) is 11. The number of hydrogen-bond donors (Lipinski definition) is 0. The quantitative estimate of drug-likeness (QED) is 0.0884. The van der Waals surface area contributed by atoms with Gasteiger partial charge in [0.25, 0.3) is 12.7 Å². The van der Waals surface area contributed by atoms with Crippen molar-refractivity contribution in [3.05, 3.63) is 138 Å². The van der Waals surface area contributed by atoms with Crippen molar-refractivity contribution in [2.24, 2.45) is 0 Å². The Morgan fingerprint density at radius 3 is 1.31 bits per heavy atom. The van der Waals surface area contributed by atoms with E-state index in [4.69, 9.17) is 37.9 Å². The molecule has 4 aromatic heterocycles. The topological polar surface area (TPSA) is 144 Å². The van der Waals surface area contributed by atoms with Gasteiger partial charge >= 0.3 is 0 Å². The first-order valence-electron chi connectivity index (χ1n) is 20.5. The summed E-state index contributed by atoms with van der Waals surface area (Å²) in [5, 5.41) is 7.65. The predicted octanol–water partition coefficient (Wildman–Crippen LogP) is 6.81. The summed E-state index contributed by atoms with van der Waals surface area (Å²) in [7, 11) is 13.0. The molecule has 0 fully saturated rings. The molecule has 16 nitrogen and oxygen atoms in total. The summed E-state index contributed by atoms with van der Waals surface area (Å²) in [6.45, 7) is 9.91. The molecule has 353 valence electrons. The van der Waals surface area contributed by atoms with E-state index in [1.54, 1.807) is 82.1 Å². The second-order valence-electron chi connectivity index (χ2n) is 14.3. The molecule has 0 N–H and O–H groups in total. The zero-order valence-corrected chi connectivity index (χ0v) is 42.2. The number of benzene rings is 4. The van der Waals surface area contributed by atoms with Crippen molar-refractivity contribution in [1.29, 1.82) is 0 Å². The van der Waals surface area contributed by atoms with E-state index in [0.717, 1.165) is 62.7 Å². The summed E-state index contributed by atoms with van der Waals surface area (Å²) < 4.78 is 51.0. The molecule has 4 heterocycles. The molecule has 0 saturated heterocycles. The maximum atomic E-state index is 5.55. The molecule has 67 heavy (non-hydrogen) atoms. The van der Waals surface area contributed by atoms with E-state index >= 15 is 0 Å². The van der Waals surface area contributed by atoms with E-state index in [0.29, 0.717) is 46.1 Å². The monoisotopic (exact) mass is 1090 g/mol. The van der Waals surface area contributed by atoms with Gasteiger partial charge < -0.3 is 57.1 Å². The van der Waals surface area contributed by atoms with Crippen LogP contribution in [0.4, 0.5) is 0 Å². The molecule has 0 spiro atoms. The van der Waals surface area contributed by atoms with Crippen molar-refractivity contribution in [3.63, 3.8) is 0 Å². The molecule has 0 aliphatic carbocycles. The van der Waals surface area contributed by atoms with Crippen LogP contribution < -0.4 is 52.1 Å². The Morgan fingerprint density at radius 1 is 0.522 bits per heavy atom. The minimum atomic E-state index is 0. The Balaban J connectivity index is 0.000000200. The summed E-state index contributed by atoms with van der Waals surface area (Å²) in [5.74, 6) is 6.79. The molecule has 8 aromatic rings. The third-order valence-electron chi connectivity index (χ3n) is 10.6. The second kappa shape index (κ2) is 23.2. The molecule has 1 radical (unpaired) electrons. The summed E-state index contributed by atoms with van der Waals surface area (Å²) in [6.07, 6.45) is 8.44. The fourth-order valence-electron chi connectivity index (χ4n) is 6.71. The minimum Gasteiger partial charge on any atom is -0.558 e. The Bertz CT molecular complexity index is 2590. The van der Waals surface area contributed by atoms with Crippen LogP contribution >= 0.6 is 0 Å². The number of ether oxygens (including phenoxy) is 8. The number of aromatic nitrogens is 8. The van der Waals surface area contributed by atoms with Crippen LogP contribution in [-0.4, -0.2) is 81.1 Å². The maximum Gasteiger partial charge on any atom is 0.267 e. The van der Waals surface area contributed by atoms with Gasteiger partial charge in [0.1, 0.15) is 34.4 Å². The first kappa shape index (κ1) is 50.6. The van der Waals surface area contributed by atoms with E-state index in [1.165, 1.54) is 0 Å². The second-order valence-corrected chi connectivity index (χ2v) is 14.3. The number of methoxy groups -OCH3 is 8. The SMILES string of the molecule is COc1c[c-]c(-n2[c-][n+](-c3ccc(OC)cc3OC)c(C)c2C)c(OC)c1.COc1c[c-]c(-n2[c-][n+](-c3ccc(OC)cc3OC)c(C)c2C)c(OC)c1.Cc1n[n-]c(-c2ccccn2)n1.[Ir]. The van der Waals surface area contributed by atoms with Crippen molar-refractivity contribution >= 4 is 0 Å². The van der Waals surface area contributed by atoms with E-state index < -0.39 is 0 Å². The number of rotatable bonds is 13. The molecule has 0 unspecified atom stereocenters. The molecule has 0 atom stereocenters. The number of nitrogens with zero attached hydrogens (tertiary/aromatic N) is 8. The van der Waals surface area contributed by atoms with Crippen molar-refractivity contribution in [3.8, 4) is 80.3 Å². The molecule has 8 rings (SSSR count). The molecular weight excluding hydrogens is 1030 g/mol. The summed E-state index contributed by atoms with van der Waals surface area (Å²) >= 11 is 0. The van der Waals surface area contributed by atoms with Gasteiger partial charge in [0, 0.05) is 78.6 Å². The normalized spacial score (nSPS) is 10.3. The van der Waals surface area contributed by atoms with Crippen LogP contribution in [0, 0.1) is 59.4 Å². The summed E-state index contributed by atoms with van der Waals surface area (Å²) in [4.78, 5) is 8.19. The van der Waals surface area contributed by atoms with E-state index in [-0.39, 0.29) is 20.1 Å². The van der Waals surface area contributed by atoms with Gasteiger partial charge in [-0.2, -0.15) is 12.1 Å². The van der Waals surface area contributed by atoms with Crippen LogP contribution in [0.2, 0.25) is 0 Å². The van der Waals surface area contributed by atoms with Gasteiger partial charge in [0.15, 0.2) is 0 Å². The smallest absolute Gasteiger partial charge is 0.267 e. The Kier molecular flexibility index (Phi) is 17.5. The van der Waals surface area contributed by atoms with Crippen molar-refractivity contribution in [2.45, 2.75) is 34.6 Å². The number of imidazole rings is 2. The first-order chi connectivity index (χ1) is 31.9. The Hall–Kier alpha value is -7.36. The third kappa shape index (κ3) is 11.2. The van der Waals surface area contributed by atoms with E-state index in [2.05, 4.69) is 45.0 Å². The van der Waals surface area contributed by atoms with Gasteiger partial charge in [-0.3, -0.25) is 19.2 Å². The predicted molar refractivity (Wildman–Crippen MR) is 245 cm³/mol. The van der Waals surface area contributed by atoms with Crippen molar-refractivity contribution in [2.75, 3.05) is 56.9 Å². The zero-order valence-electron chi connectivity index (χ0n) is 39.8. The average Bonchev–Trinajstić information content (AvgIpc) is 4.03. The molecule has 0 bridgehead atoms. The fraction of sp³-hybridized carbons (Fsp3) is 0.260. The van der Waals surface area contributed by atoms with Gasteiger partial charge in [-0.05, 0) is 88.2 Å². The van der Waals surface area contributed by atoms with Gasteiger partial charge in [-0.1, -0.05) is 18.2 Å². The largest absolute Gasteiger partial charge is 0.558 e. The Labute approximate surface area is 405 Å². The van der Waals surface area contributed by atoms with Gasteiger partial charge in [-0.15, -0.1) is 12.1 Å². The summed E-state index contributed by atoms with van der Waals surface area (Å²) in [6, 6.07) is 30.6. The molecule has 0 amide bonds. The number of pyridine rings is 1. The van der Waals surface area contributed by atoms with Crippen molar-refractivity contribution < 1.29 is 67.1 Å². The molecule has 17 heteroatoms. The average molecular weight is 1090 g/mol. The standard InChI is InChI=1S/2C21H23N2O4.C8H7N4.Ir/c2*1-14-15(2)23(19-10-8-17(25-4)12-21(19)27-6)13-22(14)18-9-7-16(24-3)11-20(18)26-5;1-6-10-8(12-11-6)7-4-2-3-5-9-7;/h2*7-9,11-12H,1-6H3;2-5H,1H3;/q3*-1;. The van der Waals surface area contributed by atoms with Gasteiger partial charge in [-0.25, -0.2) is 0 Å². The molecular formula is C50H53IrN8O8-3. The molecule has 0 saturated carbocycles. The van der Waals surface area contributed by atoms with Crippen LogP contribution in [0.25, 0.3) is 34.3 Å².